The summed E-state index contributed by atoms with van der Waals surface area (Å²) in [6.45, 7) is 1.89. The molecular weight excluding hydrogens is 381 g/mol. The molecule has 0 aromatic carbocycles. The van der Waals surface area contributed by atoms with Crippen molar-refractivity contribution in [3.05, 3.63) is 34.1 Å². The van der Waals surface area contributed by atoms with Gasteiger partial charge in [-0.1, -0.05) is 0 Å². The van der Waals surface area contributed by atoms with E-state index in [0.29, 0.717) is 17.4 Å². The number of halogens is 2. The second-order valence-corrected chi connectivity index (χ2v) is 7.08. The first-order chi connectivity index (χ1) is 11.2. The van der Waals surface area contributed by atoms with Gasteiger partial charge in [0.05, 0.1) is 20.9 Å². The summed E-state index contributed by atoms with van der Waals surface area (Å²) in [6, 6.07) is 1.92. The van der Waals surface area contributed by atoms with E-state index in [-0.39, 0.29) is 0 Å². The van der Waals surface area contributed by atoms with Crippen molar-refractivity contribution in [1.29, 1.82) is 0 Å². The summed E-state index contributed by atoms with van der Waals surface area (Å²) in [5.74, 6) is 0.697. The van der Waals surface area contributed by atoms with Gasteiger partial charge in [0.25, 0.3) is 0 Å². The number of anilines is 1. The third kappa shape index (κ3) is 2.82. The number of hydrogen-bond acceptors (Lipinski definition) is 6. The Balaban J connectivity index is 1.85. The van der Waals surface area contributed by atoms with E-state index < -0.39 is 5.82 Å². The van der Waals surface area contributed by atoms with Crippen LogP contribution in [0.4, 0.5) is 10.2 Å². The Morgan fingerprint density at radius 1 is 1.39 bits per heavy atom. The summed E-state index contributed by atoms with van der Waals surface area (Å²) < 4.78 is 15.9. The number of fused-ring (bicyclic) bond motifs is 1. The van der Waals surface area contributed by atoms with Gasteiger partial charge in [0.2, 0.25) is 0 Å². The van der Waals surface area contributed by atoms with E-state index in [9.17, 15) is 4.39 Å². The lowest BCUT2D eigenvalue weighted by Gasteiger charge is -2.14. The van der Waals surface area contributed by atoms with Crippen molar-refractivity contribution in [1.82, 2.24) is 20.3 Å². The molecule has 1 aliphatic heterocycles. The highest BCUT2D eigenvalue weighted by Crippen LogP contribution is 2.35. The largest absolute Gasteiger partial charge is 0.365 e. The van der Waals surface area contributed by atoms with Gasteiger partial charge in [-0.05, 0) is 35.0 Å². The fourth-order valence-electron chi connectivity index (χ4n) is 2.64. The Kier molecular flexibility index (Phi) is 3.96. The Morgan fingerprint density at radius 3 is 3.09 bits per heavy atom. The van der Waals surface area contributed by atoms with E-state index >= 15 is 0 Å². The Bertz CT molecular complexity index is 862. The molecule has 0 aliphatic carbocycles. The monoisotopic (exact) mass is 393 g/mol. The van der Waals surface area contributed by atoms with Crippen molar-refractivity contribution >= 4 is 43.3 Å². The molecule has 3 aromatic heterocycles. The average Bonchev–Trinajstić information content (AvgIpc) is 3.18. The third-order valence-corrected chi connectivity index (χ3v) is 5.67. The first kappa shape index (κ1) is 14.9. The van der Waals surface area contributed by atoms with Gasteiger partial charge in [-0.15, -0.1) is 11.3 Å². The molecule has 23 heavy (non-hydrogen) atoms. The van der Waals surface area contributed by atoms with Crippen LogP contribution in [0.5, 0.6) is 0 Å². The van der Waals surface area contributed by atoms with Gasteiger partial charge in [-0.25, -0.2) is 14.4 Å². The van der Waals surface area contributed by atoms with E-state index in [1.165, 1.54) is 6.20 Å². The van der Waals surface area contributed by atoms with Crippen LogP contribution in [0.2, 0.25) is 0 Å². The van der Waals surface area contributed by atoms with Crippen LogP contribution in [0.25, 0.3) is 21.6 Å². The summed E-state index contributed by atoms with van der Waals surface area (Å²) in [6.07, 6.45) is 3.76. The van der Waals surface area contributed by atoms with E-state index in [2.05, 4.69) is 41.5 Å². The maximum atomic E-state index is 14.1. The van der Waals surface area contributed by atoms with Crippen molar-refractivity contribution in [2.24, 2.45) is 0 Å². The molecule has 5 nitrogen and oxygen atoms in total. The van der Waals surface area contributed by atoms with E-state index in [1.54, 1.807) is 23.6 Å². The Hall–Kier alpha value is -1.64. The molecule has 1 fully saturated rings. The normalized spacial score (nSPS) is 17.7. The maximum absolute atomic E-state index is 14.1. The van der Waals surface area contributed by atoms with Gasteiger partial charge in [-0.2, -0.15) is 0 Å². The molecule has 0 spiro atoms. The zero-order valence-corrected chi connectivity index (χ0v) is 14.4. The number of nitrogens with zero attached hydrogens (tertiary/aromatic N) is 3. The first-order valence-corrected chi connectivity index (χ1v) is 8.91. The zero-order chi connectivity index (χ0) is 15.8. The fraction of sp³-hybridized carbons (Fsp3) is 0.267. The fourth-order valence-corrected chi connectivity index (χ4v) is 4.15. The van der Waals surface area contributed by atoms with E-state index in [1.807, 2.05) is 5.38 Å². The molecule has 4 heterocycles. The second kappa shape index (κ2) is 6.10. The standard InChI is InChI=1S/C15H13BrFN5S/c16-10-7-23-13-12(10)21-14(9-2-4-19-6-11(9)17)22-15(13)20-8-1-3-18-5-8/h2,4,6-8,18H,1,3,5H2,(H,20,21,22). The number of rotatable bonds is 3. The summed E-state index contributed by atoms with van der Waals surface area (Å²) in [5, 5.41) is 8.76. The maximum Gasteiger partial charge on any atom is 0.165 e. The summed E-state index contributed by atoms with van der Waals surface area (Å²) in [4.78, 5) is 12.9. The van der Waals surface area contributed by atoms with Crippen LogP contribution >= 0.6 is 27.3 Å². The van der Waals surface area contributed by atoms with Crippen molar-refractivity contribution < 1.29 is 4.39 Å². The quantitative estimate of drug-likeness (QED) is 0.713. The Labute approximate surface area is 144 Å². The SMILES string of the molecule is Fc1cnccc1-c1nc(NC2CCNC2)c2scc(Br)c2n1. The summed E-state index contributed by atoms with van der Waals surface area (Å²) >= 11 is 5.08. The Morgan fingerprint density at radius 2 is 2.30 bits per heavy atom. The smallest absolute Gasteiger partial charge is 0.165 e. The minimum absolute atomic E-state index is 0.323. The third-order valence-electron chi connectivity index (χ3n) is 3.79. The summed E-state index contributed by atoms with van der Waals surface area (Å²) in [7, 11) is 0. The van der Waals surface area contributed by atoms with Crippen LogP contribution in [-0.2, 0) is 0 Å². The number of thiophene rings is 1. The van der Waals surface area contributed by atoms with Crippen molar-refractivity contribution in [3.8, 4) is 11.4 Å². The number of nitrogens with one attached hydrogen (secondary N) is 2. The minimum Gasteiger partial charge on any atom is -0.365 e. The predicted molar refractivity (Wildman–Crippen MR) is 93.2 cm³/mol. The molecule has 0 saturated carbocycles. The van der Waals surface area contributed by atoms with Gasteiger partial charge in [-0.3, -0.25) is 4.98 Å². The lowest BCUT2D eigenvalue weighted by atomic mass is 10.2. The van der Waals surface area contributed by atoms with Crippen LogP contribution in [0.15, 0.2) is 28.3 Å². The van der Waals surface area contributed by atoms with Gasteiger partial charge >= 0.3 is 0 Å². The summed E-state index contributed by atoms with van der Waals surface area (Å²) in [5.41, 5.74) is 1.15. The minimum atomic E-state index is -0.424. The van der Waals surface area contributed by atoms with Gasteiger partial charge in [0.15, 0.2) is 11.6 Å². The molecule has 8 heteroatoms. The van der Waals surface area contributed by atoms with Gasteiger partial charge in [0.1, 0.15) is 11.3 Å². The zero-order valence-electron chi connectivity index (χ0n) is 12.0. The second-order valence-electron chi connectivity index (χ2n) is 5.35. The molecule has 1 unspecified atom stereocenters. The lowest BCUT2D eigenvalue weighted by molar-refractivity contribution is 0.623. The molecule has 0 bridgehead atoms. The highest BCUT2D eigenvalue weighted by Gasteiger charge is 2.20. The number of hydrogen-bond donors (Lipinski definition) is 2. The molecule has 1 aliphatic rings. The lowest BCUT2D eigenvalue weighted by Crippen LogP contribution is -2.23. The molecule has 0 radical (unpaired) electrons. The number of aromatic nitrogens is 3. The molecule has 1 saturated heterocycles. The van der Waals surface area contributed by atoms with Crippen LogP contribution in [-0.4, -0.2) is 34.1 Å². The highest BCUT2D eigenvalue weighted by atomic mass is 79.9. The first-order valence-electron chi connectivity index (χ1n) is 7.24. The van der Waals surface area contributed by atoms with Crippen LogP contribution < -0.4 is 10.6 Å². The molecule has 1 atom stereocenters. The van der Waals surface area contributed by atoms with E-state index in [0.717, 1.165) is 40.0 Å². The molecule has 118 valence electrons. The predicted octanol–water partition coefficient (Wildman–Crippen LogP) is 3.43. The van der Waals surface area contributed by atoms with Crippen molar-refractivity contribution in [3.63, 3.8) is 0 Å². The van der Waals surface area contributed by atoms with Gasteiger partial charge in [0, 0.05) is 24.2 Å². The van der Waals surface area contributed by atoms with Crippen molar-refractivity contribution in [2.45, 2.75) is 12.5 Å². The average molecular weight is 394 g/mol. The molecule has 0 amide bonds. The van der Waals surface area contributed by atoms with Crippen molar-refractivity contribution in [2.75, 3.05) is 18.4 Å². The molecule has 3 aromatic rings. The molecule has 4 rings (SSSR count). The molecular formula is C15H13BrFN5S. The topological polar surface area (TPSA) is 62.7 Å². The van der Waals surface area contributed by atoms with Crippen LogP contribution in [0.3, 0.4) is 0 Å². The van der Waals surface area contributed by atoms with Crippen LogP contribution in [0.1, 0.15) is 6.42 Å². The highest BCUT2D eigenvalue weighted by molar-refractivity contribution is 9.10. The van der Waals surface area contributed by atoms with Crippen LogP contribution in [0, 0.1) is 5.82 Å². The number of pyridine rings is 1. The molecule has 2 N–H and O–H groups in total. The van der Waals surface area contributed by atoms with E-state index in [4.69, 9.17) is 0 Å². The van der Waals surface area contributed by atoms with Gasteiger partial charge < -0.3 is 10.6 Å².